The van der Waals surface area contributed by atoms with Crippen molar-refractivity contribution in [2.24, 2.45) is 0 Å². The summed E-state index contributed by atoms with van der Waals surface area (Å²) in [6.07, 6.45) is 0.818. The molecule has 94 valence electrons. The first-order chi connectivity index (χ1) is 8.15. The van der Waals surface area contributed by atoms with E-state index in [1.54, 1.807) is 19.2 Å². The molecule has 0 atom stereocenters. The van der Waals surface area contributed by atoms with Gasteiger partial charge in [0.1, 0.15) is 5.69 Å². The maximum atomic E-state index is 10.5. The van der Waals surface area contributed by atoms with Crippen LogP contribution in [0.15, 0.2) is 18.2 Å². The Labute approximate surface area is 99.5 Å². The fourth-order valence-corrected chi connectivity index (χ4v) is 1.36. The highest BCUT2D eigenvalue weighted by Gasteiger charge is 2.10. The van der Waals surface area contributed by atoms with Gasteiger partial charge in [-0.2, -0.15) is 0 Å². The van der Waals surface area contributed by atoms with Gasteiger partial charge in [-0.3, -0.25) is 10.1 Å². The van der Waals surface area contributed by atoms with Crippen molar-refractivity contribution < 1.29 is 14.4 Å². The highest BCUT2D eigenvalue weighted by atomic mass is 16.6. The molecule has 0 aliphatic carbocycles. The van der Waals surface area contributed by atoms with Crippen molar-refractivity contribution in [2.45, 2.75) is 13.0 Å². The topological polar surface area (TPSA) is 87.6 Å². The molecule has 1 aromatic rings. The van der Waals surface area contributed by atoms with Gasteiger partial charge in [0.25, 0.3) is 5.69 Å². The molecule has 0 aliphatic heterocycles. The molecule has 0 fully saturated rings. The molecule has 0 saturated heterocycles. The van der Waals surface area contributed by atoms with Gasteiger partial charge < -0.3 is 15.2 Å². The second-order valence-electron chi connectivity index (χ2n) is 3.55. The number of benzene rings is 1. The van der Waals surface area contributed by atoms with Gasteiger partial charge in [0, 0.05) is 26.4 Å². The van der Waals surface area contributed by atoms with Crippen LogP contribution >= 0.6 is 0 Å². The van der Waals surface area contributed by atoms with Crippen LogP contribution < -0.4 is 5.73 Å². The lowest BCUT2D eigenvalue weighted by molar-refractivity contribution is -0.383. The minimum absolute atomic E-state index is 0.0758. The zero-order valence-electron chi connectivity index (χ0n) is 9.72. The van der Waals surface area contributed by atoms with Crippen molar-refractivity contribution in [1.82, 2.24) is 0 Å². The lowest BCUT2D eigenvalue weighted by atomic mass is 10.2. The van der Waals surface area contributed by atoms with E-state index in [0.29, 0.717) is 19.8 Å². The molecule has 17 heavy (non-hydrogen) atoms. The fraction of sp³-hybridized carbons (Fsp3) is 0.455. The zero-order valence-corrected chi connectivity index (χ0v) is 9.72. The molecular weight excluding hydrogens is 224 g/mol. The number of nitro groups is 1. The Morgan fingerprint density at radius 3 is 2.76 bits per heavy atom. The zero-order chi connectivity index (χ0) is 12.7. The first-order valence-electron chi connectivity index (χ1n) is 5.24. The Morgan fingerprint density at radius 1 is 1.41 bits per heavy atom. The third-order valence-electron chi connectivity index (χ3n) is 2.19. The van der Waals surface area contributed by atoms with Crippen LogP contribution in [0.3, 0.4) is 0 Å². The Bertz CT molecular complexity index is 382. The van der Waals surface area contributed by atoms with E-state index in [0.717, 1.165) is 12.0 Å². The lowest BCUT2D eigenvalue weighted by Crippen LogP contribution is -2.01. The minimum Gasteiger partial charge on any atom is -0.393 e. The van der Waals surface area contributed by atoms with E-state index in [2.05, 4.69) is 0 Å². The van der Waals surface area contributed by atoms with E-state index in [1.807, 2.05) is 0 Å². The summed E-state index contributed by atoms with van der Waals surface area (Å²) in [4.78, 5) is 10.0. The smallest absolute Gasteiger partial charge is 0.292 e. The molecule has 0 amide bonds. The summed E-state index contributed by atoms with van der Waals surface area (Å²) >= 11 is 0. The predicted molar refractivity (Wildman–Crippen MR) is 63.7 cm³/mol. The van der Waals surface area contributed by atoms with Crippen LogP contribution in [0.1, 0.15) is 12.0 Å². The van der Waals surface area contributed by atoms with Crippen LogP contribution in [0.5, 0.6) is 0 Å². The summed E-state index contributed by atoms with van der Waals surface area (Å²) in [5.74, 6) is 0. The van der Waals surface area contributed by atoms with Gasteiger partial charge >= 0.3 is 0 Å². The van der Waals surface area contributed by atoms with Crippen LogP contribution in [0.25, 0.3) is 0 Å². The molecule has 6 nitrogen and oxygen atoms in total. The Kier molecular flexibility index (Phi) is 5.38. The first-order valence-corrected chi connectivity index (χ1v) is 5.24. The number of nitrogens with two attached hydrogens (primary N) is 1. The van der Waals surface area contributed by atoms with E-state index >= 15 is 0 Å². The highest BCUT2D eigenvalue weighted by molar-refractivity contribution is 5.59. The number of nitro benzene ring substituents is 1. The molecule has 2 N–H and O–H groups in total. The SMILES string of the molecule is COCCCOCc1ccc([N+](=O)[O-])c(N)c1. The largest absolute Gasteiger partial charge is 0.393 e. The van der Waals surface area contributed by atoms with E-state index in [4.69, 9.17) is 15.2 Å². The summed E-state index contributed by atoms with van der Waals surface area (Å²) < 4.78 is 10.3. The van der Waals surface area contributed by atoms with Crippen molar-refractivity contribution in [3.8, 4) is 0 Å². The van der Waals surface area contributed by atoms with E-state index in [9.17, 15) is 10.1 Å². The van der Waals surface area contributed by atoms with Crippen LogP contribution in [-0.2, 0) is 16.1 Å². The van der Waals surface area contributed by atoms with Crippen molar-refractivity contribution in [1.29, 1.82) is 0 Å². The number of nitrogens with zero attached hydrogens (tertiary/aromatic N) is 1. The number of hydrogen-bond donors (Lipinski definition) is 1. The monoisotopic (exact) mass is 240 g/mol. The molecule has 1 rings (SSSR count). The maximum Gasteiger partial charge on any atom is 0.292 e. The third kappa shape index (κ3) is 4.38. The van der Waals surface area contributed by atoms with Crippen molar-refractivity contribution in [3.05, 3.63) is 33.9 Å². The van der Waals surface area contributed by atoms with Crippen LogP contribution in [0.4, 0.5) is 11.4 Å². The number of rotatable bonds is 7. The van der Waals surface area contributed by atoms with Gasteiger partial charge in [-0.15, -0.1) is 0 Å². The van der Waals surface area contributed by atoms with Crippen molar-refractivity contribution in [2.75, 3.05) is 26.1 Å². The molecule has 1 aromatic carbocycles. The summed E-state index contributed by atoms with van der Waals surface area (Å²) in [6, 6.07) is 4.60. The Hall–Kier alpha value is -1.66. The molecular formula is C11H16N2O4. The van der Waals surface area contributed by atoms with E-state index in [-0.39, 0.29) is 11.4 Å². The molecule has 0 spiro atoms. The number of methoxy groups -OCH3 is 1. The number of hydrogen-bond acceptors (Lipinski definition) is 5. The van der Waals surface area contributed by atoms with E-state index < -0.39 is 4.92 Å². The maximum absolute atomic E-state index is 10.5. The molecule has 0 bridgehead atoms. The lowest BCUT2D eigenvalue weighted by Gasteiger charge is -2.05. The van der Waals surface area contributed by atoms with Crippen LogP contribution in [-0.4, -0.2) is 25.2 Å². The highest BCUT2D eigenvalue weighted by Crippen LogP contribution is 2.22. The normalized spacial score (nSPS) is 10.4. The summed E-state index contributed by atoms with van der Waals surface area (Å²) in [7, 11) is 1.64. The van der Waals surface area contributed by atoms with Gasteiger partial charge in [0.05, 0.1) is 11.5 Å². The Balaban J connectivity index is 2.45. The Morgan fingerprint density at radius 2 is 2.18 bits per heavy atom. The van der Waals surface area contributed by atoms with Gasteiger partial charge in [0.2, 0.25) is 0 Å². The summed E-state index contributed by atoms with van der Waals surface area (Å²) in [5, 5.41) is 10.5. The molecule has 0 saturated carbocycles. The second kappa shape index (κ2) is 6.82. The first kappa shape index (κ1) is 13.4. The van der Waals surface area contributed by atoms with Crippen LogP contribution in [0, 0.1) is 10.1 Å². The van der Waals surface area contributed by atoms with Gasteiger partial charge in [-0.05, 0) is 24.1 Å². The fourth-order valence-electron chi connectivity index (χ4n) is 1.36. The van der Waals surface area contributed by atoms with Gasteiger partial charge in [0.15, 0.2) is 0 Å². The number of nitrogen functional groups attached to an aromatic ring is 1. The number of anilines is 1. The molecule has 0 aliphatic rings. The molecule has 0 radical (unpaired) electrons. The van der Waals surface area contributed by atoms with Gasteiger partial charge in [-0.25, -0.2) is 0 Å². The molecule has 6 heteroatoms. The third-order valence-corrected chi connectivity index (χ3v) is 2.19. The number of ether oxygens (including phenoxy) is 2. The van der Waals surface area contributed by atoms with Crippen LogP contribution in [0.2, 0.25) is 0 Å². The summed E-state index contributed by atoms with van der Waals surface area (Å²) in [6.45, 7) is 1.64. The molecule has 0 heterocycles. The molecule has 0 unspecified atom stereocenters. The van der Waals surface area contributed by atoms with Gasteiger partial charge in [-0.1, -0.05) is 0 Å². The minimum atomic E-state index is -0.501. The molecule has 0 aromatic heterocycles. The second-order valence-corrected chi connectivity index (χ2v) is 3.55. The predicted octanol–water partition coefficient (Wildman–Crippen LogP) is 1.73. The summed E-state index contributed by atoms with van der Waals surface area (Å²) in [5.41, 5.74) is 6.47. The van der Waals surface area contributed by atoms with E-state index in [1.165, 1.54) is 6.07 Å². The standard InChI is InChI=1S/C11H16N2O4/c1-16-5-2-6-17-8-9-3-4-11(13(14)15)10(12)7-9/h3-4,7H,2,5-6,8,12H2,1H3. The quantitative estimate of drug-likeness (QED) is 0.339. The average molecular weight is 240 g/mol. The average Bonchev–Trinajstić information content (AvgIpc) is 2.28. The van der Waals surface area contributed by atoms with Crippen molar-refractivity contribution >= 4 is 11.4 Å². The van der Waals surface area contributed by atoms with Crippen molar-refractivity contribution in [3.63, 3.8) is 0 Å².